The van der Waals surface area contributed by atoms with Crippen LogP contribution in [0, 0.1) is 0 Å². The number of amides is 6. The number of hydrogen-bond acceptors (Lipinski definition) is 14. The largest absolute Gasteiger partial charge is 0.372 e. The van der Waals surface area contributed by atoms with E-state index >= 15 is 0 Å². The van der Waals surface area contributed by atoms with Crippen LogP contribution >= 0.6 is 29.2 Å². The Morgan fingerprint density at radius 3 is 1.92 bits per heavy atom. The molecule has 0 radical (unpaired) electrons. The molecule has 3 atom stereocenters. The molecule has 450 valence electrons. The molecule has 0 bridgehead atoms. The molecule has 1 saturated heterocycles. The molecule has 0 spiro atoms. The van der Waals surface area contributed by atoms with E-state index in [1.54, 1.807) is 29.1 Å². The molecular weight excluding hydrogens is 1150 g/mol. The first-order valence-electron chi connectivity index (χ1n) is 28.1. The second-order valence-electron chi connectivity index (χ2n) is 19.9. The quantitative estimate of drug-likeness (QED) is 0.00536. The molecule has 6 rings (SSSR count). The number of nitrogens with one attached hydrogen (secondary N) is 5. The minimum absolute atomic E-state index is 0.0946. The summed E-state index contributed by atoms with van der Waals surface area (Å²) in [6.07, 6.45) is 2.58. The number of likely N-dealkylation sites (tertiary alicyclic amines) is 1. The highest BCUT2D eigenvalue weighted by atomic mass is 33.1. The van der Waals surface area contributed by atoms with E-state index in [-0.39, 0.29) is 64.1 Å². The third-order valence-corrected chi connectivity index (χ3v) is 18.0. The fraction of sp³-hybridized carbons (Fsp3) is 0.474. The van der Waals surface area contributed by atoms with Crippen LogP contribution in [0.3, 0.4) is 0 Å². The van der Waals surface area contributed by atoms with Gasteiger partial charge in [0.25, 0.3) is 16.0 Å². The van der Waals surface area contributed by atoms with Gasteiger partial charge in [-0.2, -0.15) is 8.42 Å². The summed E-state index contributed by atoms with van der Waals surface area (Å²) in [5, 5.41) is 15.4. The maximum absolute atomic E-state index is 14.9. The zero-order valence-corrected chi connectivity index (χ0v) is 50.7. The first-order valence-corrected chi connectivity index (χ1v) is 33.8. The normalized spacial score (nSPS) is 14.2. The molecule has 5 aromatic rings. The van der Waals surface area contributed by atoms with Crippen LogP contribution in [0.15, 0.2) is 94.5 Å². The van der Waals surface area contributed by atoms with E-state index in [4.69, 9.17) is 4.42 Å². The Morgan fingerprint density at radius 2 is 1.34 bits per heavy atom. The second-order valence-corrected chi connectivity index (χ2v) is 25.6. The molecule has 0 aliphatic carbocycles. The Kier molecular flexibility index (Phi) is 25.4. The summed E-state index contributed by atoms with van der Waals surface area (Å²) in [5.41, 5.74) is 4.87. The predicted molar refractivity (Wildman–Crippen MR) is 326 cm³/mol. The Hall–Kier alpha value is -6.34. The standard InChI is InChI=1S/C57H76N9O13PS3/c1-5-64(6-2)39-24-26-43-48(36-39)79-49-37-40(65(7-3)8-4)25-27-44(49)53(43)41-18-9-10-19-42(41)57(72)66-33-17-20-47(66)56(71)63-46(38-83(76,77)78)55(70)61-31-15-12-22-51(68)62-45(28-34-80(73,74)75)54(69)60-30-14-11-21-50(67)58-32-35-81-82-52-23-13-16-29-59-52/h9-10,13,16,18-19,23-27,29,36-37,45-47H,5-8,11-12,14-15,17,20-22,28,30-35,38H2,1-4H3,(H7-,58,60,61,62,63,67,68,69,70,71,73,74,75,76,77,78)/p+1. The lowest BCUT2D eigenvalue weighted by molar-refractivity contribution is -0.130. The van der Waals surface area contributed by atoms with Gasteiger partial charge in [-0.15, -0.1) is 0 Å². The fourth-order valence-electron chi connectivity index (χ4n) is 9.86. The number of benzene rings is 3. The molecule has 22 nitrogen and oxygen atoms in total. The highest BCUT2D eigenvalue weighted by molar-refractivity contribution is 8.76. The van der Waals surface area contributed by atoms with Gasteiger partial charge in [0.2, 0.25) is 29.5 Å². The first-order chi connectivity index (χ1) is 39.7. The number of pyridine rings is 1. The van der Waals surface area contributed by atoms with Crippen LogP contribution in [0.5, 0.6) is 0 Å². The van der Waals surface area contributed by atoms with Gasteiger partial charge in [-0.25, -0.2) is 9.40 Å². The highest BCUT2D eigenvalue weighted by Crippen LogP contribution is 2.41. The van der Waals surface area contributed by atoms with Gasteiger partial charge in [0, 0.05) is 99.7 Å². The molecule has 2 aromatic heterocycles. The van der Waals surface area contributed by atoms with Crippen molar-refractivity contribution in [1.29, 1.82) is 0 Å². The van der Waals surface area contributed by atoms with Crippen LogP contribution in [0.25, 0.3) is 33.1 Å². The van der Waals surface area contributed by atoms with Crippen molar-refractivity contribution in [3.05, 3.63) is 90.6 Å². The highest BCUT2D eigenvalue weighted by Gasteiger charge is 2.38. The van der Waals surface area contributed by atoms with Crippen molar-refractivity contribution in [2.24, 2.45) is 0 Å². The number of carbonyl (C=O) groups is 6. The monoisotopic (exact) mass is 1220 g/mol. The third kappa shape index (κ3) is 19.9. The van der Waals surface area contributed by atoms with Crippen molar-refractivity contribution >= 4 is 108 Å². The van der Waals surface area contributed by atoms with Crippen molar-refractivity contribution in [3.63, 3.8) is 0 Å². The van der Waals surface area contributed by atoms with E-state index in [1.165, 1.54) is 15.7 Å². The molecule has 8 N–H and O–H groups in total. The minimum atomic E-state index is -4.83. The van der Waals surface area contributed by atoms with E-state index in [2.05, 4.69) is 69.1 Å². The van der Waals surface area contributed by atoms with Gasteiger partial charge in [-0.05, 0) is 131 Å². The SMILES string of the molecule is CCN(CC)c1ccc2c(-c3ccccc3C(=O)N3CCCC3C(=O)NC(CS(=O)(=O)O)C(=O)NCCCCC(=O)NC(CCP(=O)(O)O)C(=O)NCCCCC(=O)NCCSSc3ccccn3)c3ccc(N(CC)CC)cc3[o+]c2c1. The summed E-state index contributed by atoms with van der Waals surface area (Å²) >= 11 is 0. The maximum Gasteiger partial charge on any atom is 0.363 e. The Balaban J connectivity index is 1.04. The molecule has 83 heavy (non-hydrogen) atoms. The predicted octanol–water partition coefficient (Wildman–Crippen LogP) is 6.78. The van der Waals surface area contributed by atoms with Crippen LogP contribution in [0.4, 0.5) is 11.4 Å². The van der Waals surface area contributed by atoms with Crippen molar-refractivity contribution in [2.45, 2.75) is 109 Å². The van der Waals surface area contributed by atoms with Crippen molar-refractivity contribution in [2.75, 3.05) is 79.8 Å². The van der Waals surface area contributed by atoms with Gasteiger partial charge < -0.3 is 51.1 Å². The maximum atomic E-state index is 14.9. The topological polar surface area (TPSA) is 308 Å². The molecule has 1 fully saturated rings. The minimum Gasteiger partial charge on any atom is -0.372 e. The number of unbranched alkanes of at least 4 members (excludes halogenated alkanes) is 2. The number of carbonyl (C=O) groups excluding carboxylic acids is 6. The van der Waals surface area contributed by atoms with E-state index in [1.807, 2.05) is 66.7 Å². The number of aromatic nitrogens is 1. The Bertz CT molecular complexity index is 3130. The molecular formula is C57H77N9O13PS3+. The molecule has 1 aliphatic heterocycles. The zero-order valence-electron chi connectivity index (χ0n) is 47.3. The van der Waals surface area contributed by atoms with Gasteiger partial charge >= 0.3 is 18.8 Å². The summed E-state index contributed by atoms with van der Waals surface area (Å²) in [6.45, 7) is 12.2. The van der Waals surface area contributed by atoms with Crippen molar-refractivity contribution in [1.82, 2.24) is 36.5 Å². The van der Waals surface area contributed by atoms with Gasteiger partial charge in [0.1, 0.15) is 28.9 Å². The molecule has 0 saturated carbocycles. The molecule has 1 aliphatic rings. The zero-order chi connectivity index (χ0) is 60.1. The first kappa shape index (κ1) is 65.8. The van der Waals surface area contributed by atoms with Crippen LogP contribution in [-0.2, 0) is 38.7 Å². The molecule has 3 unspecified atom stereocenters. The van der Waals surface area contributed by atoms with Crippen LogP contribution in [-0.4, -0.2) is 156 Å². The Morgan fingerprint density at radius 1 is 0.747 bits per heavy atom. The van der Waals surface area contributed by atoms with Gasteiger partial charge in [0.15, 0.2) is 0 Å². The number of fused-ring (bicyclic) bond motifs is 2. The number of nitrogens with zero attached hydrogens (tertiary/aromatic N) is 4. The number of rotatable bonds is 33. The van der Waals surface area contributed by atoms with Crippen molar-refractivity contribution in [3.8, 4) is 11.1 Å². The van der Waals surface area contributed by atoms with E-state index < -0.39 is 77.3 Å². The molecule has 3 aromatic carbocycles. The van der Waals surface area contributed by atoms with Gasteiger partial charge in [0.05, 0.1) is 29.1 Å². The summed E-state index contributed by atoms with van der Waals surface area (Å²) in [7, 11) is -6.29. The smallest absolute Gasteiger partial charge is 0.363 e. The van der Waals surface area contributed by atoms with Gasteiger partial charge in [-0.3, -0.25) is 37.9 Å². The average Bonchev–Trinajstić information content (AvgIpc) is 4.14. The van der Waals surface area contributed by atoms with Crippen LogP contribution in [0.2, 0.25) is 0 Å². The number of hydrogen-bond donors (Lipinski definition) is 8. The average molecular weight is 1220 g/mol. The van der Waals surface area contributed by atoms with Crippen molar-refractivity contribution < 1.29 is 60.5 Å². The van der Waals surface area contributed by atoms with Crippen LogP contribution in [0.1, 0.15) is 95.8 Å². The fourth-order valence-corrected chi connectivity index (χ4v) is 12.9. The third-order valence-electron chi connectivity index (χ3n) is 14.1. The lowest BCUT2D eigenvalue weighted by atomic mass is 9.92. The van der Waals surface area contributed by atoms with Gasteiger partial charge in [-0.1, -0.05) is 35.1 Å². The molecule has 3 heterocycles. The molecule has 26 heteroatoms. The summed E-state index contributed by atoms with van der Waals surface area (Å²) in [5.74, 6) is -4.10. The summed E-state index contributed by atoms with van der Waals surface area (Å²) in [6, 6.07) is 20.7. The summed E-state index contributed by atoms with van der Waals surface area (Å²) in [4.78, 5) is 110. The van der Waals surface area contributed by atoms with E-state index in [0.717, 1.165) is 58.9 Å². The van der Waals surface area contributed by atoms with E-state index in [0.29, 0.717) is 53.9 Å². The van der Waals surface area contributed by atoms with E-state index in [9.17, 15) is 56.1 Å². The molecule has 6 amide bonds. The lowest BCUT2D eigenvalue weighted by Gasteiger charge is -2.27. The summed E-state index contributed by atoms with van der Waals surface area (Å²) < 4.78 is 52.7. The lowest BCUT2D eigenvalue weighted by Crippen LogP contribution is -2.55. The second kappa shape index (κ2) is 32.1. The van der Waals surface area contributed by atoms with Crippen LogP contribution < -0.4 is 36.4 Å². The Labute approximate surface area is 492 Å². The number of anilines is 2.